The fourth-order valence-electron chi connectivity index (χ4n) is 4.23. The van der Waals surface area contributed by atoms with Gasteiger partial charge in [-0.05, 0) is 35.9 Å². The molecule has 1 fully saturated rings. The van der Waals surface area contributed by atoms with Crippen molar-refractivity contribution in [2.75, 3.05) is 26.9 Å². The largest absolute Gasteiger partial charge is 0.466 e. The van der Waals surface area contributed by atoms with Crippen molar-refractivity contribution in [3.63, 3.8) is 0 Å². The minimum absolute atomic E-state index is 0.351. The molecule has 0 aromatic rings. The van der Waals surface area contributed by atoms with E-state index in [2.05, 4.69) is 41.5 Å². The molecular formula is C20H37NO5Si. The first-order valence-electron chi connectivity index (χ1n) is 10.0. The van der Waals surface area contributed by atoms with Gasteiger partial charge in [0.25, 0.3) is 0 Å². The molecule has 1 aliphatic rings. The average molecular weight is 400 g/mol. The standard InChI is InChI=1S/C20H37NO5Si/c1-15(2)27(16(3)4,17(5)6)26-12-9-8-10-18(19(22)24-7)14-21-11-13-25-20(21)23/h14-17H,8-13H2,1-7H3/b18-14-. The molecule has 0 aromatic heterocycles. The summed E-state index contributed by atoms with van der Waals surface area (Å²) in [5.41, 5.74) is 2.18. The molecular weight excluding hydrogens is 362 g/mol. The third-order valence-electron chi connectivity index (χ3n) is 5.45. The third kappa shape index (κ3) is 6.07. The first-order chi connectivity index (χ1) is 12.7. The Morgan fingerprint density at radius 2 is 1.74 bits per heavy atom. The van der Waals surface area contributed by atoms with E-state index < -0.39 is 20.4 Å². The fraction of sp³-hybridized carbons (Fsp3) is 0.800. The van der Waals surface area contributed by atoms with Gasteiger partial charge in [-0.1, -0.05) is 41.5 Å². The predicted molar refractivity (Wildman–Crippen MR) is 109 cm³/mol. The summed E-state index contributed by atoms with van der Waals surface area (Å²) in [7, 11) is -0.491. The average Bonchev–Trinajstić information content (AvgIpc) is 2.99. The molecule has 6 nitrogen and oxygen atoms in total. The molecule has 0 spiro atoms. The number of unbranched alkanes of at least 4 members (excludes halogenated alkanes) is 1. The maximum Gasteiger partial charge on any atom is 0.413 e. The van der Waals surface area contributed by atoms with Gasteiger partial charge >= 0.3 is 12.1 Å². The first kappa shape index (κ1) is 23.7. The van der Waals surface area contributed by atoms with E-state index in [1.54, 1.807) is 6.20 Å². The Hall–Kier alpha value is -1.34. The van der Waals surface area contributed by atoms with Gasteiger partial charge in [0, 0.05) is 12.8 Å². The molecule has 1 rings (SSSR count). The maximum absolute atomic E-state index is 12.0. The smallest absolute Gasteiger partial charge is 0.413 e. The zero-order valence-corrected chi connectivity index (χ0v) is 19.0. The van der Waals surface area contributed by atoms with E-state index in [1.165, 1.54) is 12.0 Å². The van der Waals surface area contributed by atoms with Crippen molar-refractivity contribution in [2.45, 2.75) is 77.4 Å². The minimum Gasteiger partial charge on any atom is -0.466 e. The molecule has 0 saturated carbocycles. The van der Waals surface area contributed by atoms with E-state index in [4.69, 9.17) is 13.9 Å². The second-order valence-corrected chi connectivity index (χ2v) is 13.5. The van der Waals surface area contributed by atoms with Crippen molar-refractivity contribution in [3.8, 4) is 0 Å². The molecule has 0 radical (unpaired) electrons. The second-order valence-electron chi connectivity index (χ2n) is 8.08. The van der Waals surface area contributed by atoms with Crippen molar-refractivity contribution in [3.05, 3.63) is 11.8 Å². The maximum atomic E-state index is 12.0. The van der Waals surface area contributed by atoms with Crippen molar-refractivity contribution in [1.29, 1.82) is 0 Å². The van der Waals surface area contributed by atoms with Crippen LogP contribution >= 0.6 is 0 Å². The third-order valence-corrected chi connectivity index (χ3v) is 11.6. The summed E-state index contributed by atoms with van der Waals surface area (Å²) in [6.45, 7) is 15.2. The number of methoxy groups -OCH3 is 1. The van der Waals surface area contributed by atoms with Crippen molar-refractivity contribution in [2.24, 2.45) is 0 Å². The Bertz CT molecular complexity index is 509. The van der Waals surface area contributed by atoms with E-state index in [-0.39, 0.29) is 0 Å². The fourth-order valence-corrected chi connectivity index (χ4v) is 9.73. The van der Waals surface area contributed by atoms with Crippen LogP contribution in [0.15, 0.2) is 11.8 Å². The molecule has 1 saturated heterocycles. The van der Waals surface area contributed by atoms with E-state index >= 15 is 0 Å². The van der Waals surface area contributed by atoms with Gasteiger partial charge in [0.1, 0.15) is 6.61 Å². The SMILES string of the molecule is COC(=O)/C(=C\N1CCOC1=O)CCCCO[Si](C(C)C)(C(C)C)C(C)C. The number of hydrogen-bond acceptors (Lipinski definition) is 5. The van der Waals surface area contributed by atoms with Gasteiger partial charge in [0.2, 0.25) is 0 Å². The van der Waals surface area contributed by atoms with Crippen LogP contribution in [0.3, 0.4) is 0 Å². The molecule has 0 aromatic carbocycles. The van der Waals surface area contributed by atoms with Gasteiger partial charge < -0.3 is 13.9 Å². The van der Waals surface area contributed by atoms with Gasteiger partial charge in [-0.25, -0.2) is 9.59 Å². The molecule has 1 amide bonds. The molecule has 156 valence electrons. The van der Waals surface area contributed by atoms with Gasteiger partial charge in [0.15, 0.2) is 8.32 Å². The highest BCUT2D eigenvalue weighted by atomic mass is 28.4. The van der Waals surface area contributed by atoms with Gasteiger partial charge in [-0.2, -0.15) is 0 Å². The van der Waals surface area contributed by atoms with Gasteiger partial charge in [-0.3, -0.25) is 4.90 Å². The van der Waals surface area contributed by atoms with E-state index in [9.17, 15) is 9.59 Å². The summed E-state index contributed by atoms with van der Waals surface area (Å²) < 4.78 is 16.3. The lowest BCUT2D eigenvalue weighted by atomic mass is 10.1. The molecule has 0 bridgehead atoms. The van der Waals surface area contributed by atoms with Crippen LogP contribution in [0.1, 0.15) is 60.8 Å². The van der Waals surface area contributed by atoms with E-state index in [0.29, 0.717) is 48.4 Å². The number of cyclic esters (lactones) is 1. The Labute approximate surface area is 165 Å². The van der Waals surface area contributed by atoms with Crippen LogP contribution in [0.2, 0.25) is 16.6 Å². The predicted octanol–water partition coefficient (Wildman–Crippen LogP) is 4.86. The number of rotatable bonds is 11. The monoisotopic (exact) mass is 399 g/mol. The lowest BCUT2D eigenvalue weighted by Gasteiger charge is -2.42. The van der Waals surface area contributed by atoms with Crippen LogP contribution in [0.5, 0.6) is 0 Å². The highest BCUT2D eigenvalue weighted by Crippen LogP contribution is 2.42. The minimum atomic E-state index is -1.85. The van der Waals surface area contributed by atoms with E-state index in [0.717, 1.165) is 12.8 Å². The van der Waals surface area contributed by atoms with Crippen LogP contribution in [0, 0.1) is 0 Å². The van der Waals surface area contributed by atoms with E-state index in [1.807, 2.05) is 0 Å². The van der Waals surface area contributed by atoms with Gasteiger partial charge in [-0.15, -0.1) is 0 Å². The van der Waals surface area contributed by atoms with Crippen LogP contribution in [0.4, 0.5) is 4.79 Å². The Kier molecular flexibility index (Phi) is 9.53. The van der Waals surface area contributed by atoms with Gasteiger partial charge in [0.05, 0.1) is 19.2 Å². The summed E-state index contributed by atoms with van der Waals surface area (Å²) in [4.78, 5) is 25.0. The van der Waals surface area contributed by atoms with Crippen LogP contribution in [0.25, 0.3) is 0 Å². The molecule has 0 N–H and O–H groups in total. The number of nitrogens with zero attached hydrogens (tertiary/aromatic N) is 1. The van der Waals surface area contributed by atoms with Crippen LogP contribution in [-0.2, 0) is 18.7 Å². The molecule has 0 atom stereocenters. The molecule has 7 heteroatoms. The number of carbonyl (C=O) groups is 2. The summed E-state index contributed by atoms with van der Waals surface area (Å²) in [6, 6.07) is 0. The lowest BCUT2D eigenvalue weighted by Crippen LogP contribution is -2.47. The topological polar surface area (TPSA) is 65.1 Å². The summed E-state index contributed by atoms with van der Waals surface area (Å²) in [6.07, 6.45) is 3.39. The van der Waals surface area contributed by atoms with Crippen LogP contribution < -0.4 is 0 Å². The number of hydrogen-bond donors (Lipinski definition) is 0. The Morgan fingerprint density at radius 3 is 2.19 bits per heavy atom. The zero-order valence-electron chi connectivity index (χ0n) is 18.0. The Morgan fingerprint density at radius 1 is 1.15 bits per heavy atom. The normalized spacial score (nSPS) is 15.9. The zero-order chi connectivity index (χ0) is 20.6. The molecule has 0 aliphatic carbocycles. The lowest BCUT2D eigenvalue weighted by molar-refractivity contribution is -0.136. The number of ether oxygens (including phenoxy) is 2. The number of carbonyl (C=O) groups excluding carboxylic acids is 2. The summed E-state index contributed by atoms with van der Waals surface area (Å²) >= 11 is 0. The second kappa shape index (κ2) is 10.9. The van der Waals surface area contributed by atoms with Crippen molar-refractivity contribution in [1.82, 2.24) is 4.90 Å². The van der Waals surface area contributed by atoms with Crippen molar-refractivity contribution < 1.29 is 23.5 Å². The number of esters is 1. The molecule has 0 unspecified atom stereocenters. The quantitative estimate of drug-likeness (QED) is 0.215. The highest BCUT2D eigenvalue weighted by Gasteiger charge is 2.44. The first-order valence-corrected chi connectivity index (χ1v) is 12.2. The summed E-state index contributed by atoms with van der Waals surface area (Å²) in [5, 5.41) is 0. The molecule has 1 aliphatic heterocycles. The summed E-state index contributed by atoms with van der Waals surface area (Å²) in [5.74, 6) is -0.397. The molecule has 27 heavy (non-hydrogen) atoms. The van der Waals surface area contributed by atoms with Crippen LogP contribution in [-0.4, -0.2) is 52.1 Å². The van der Waals surface area contributed by atoms with Crippen molar-refractivity contribution >= 4 is 20.4 Å². The Balaban J connectivity index is 2.62. The highest BCUT2D eigenvalue weighted by molar-refractivity contribution is 6.77. The molecule has 1 heterocycles. The number of amides is 1.